The van der Waals surface area contributed by atoms with Crippen LogP contribution in [0.1, 0.15) is 22.2 Å². The smallest absolute Gasteiger partial charge is 0.0508 e. The number of fused-ring (bicyclic) bond motifs is 5. The average Bonchev–Trinajstić information content (AvgIpc) is 3.07. The van der Waals surface area contributed by atoms with Gasteiger partial charge in [0.15, 0.2) is 0 Å². The van der Waals surface area contributed by atoms with Crippen LogP contribution in [-0.4, -0.2) is 18.1 Å². The third kappa shape index (κ3) is 2.12. The Morgan fingerprint density at radius 3 is 3.00 bits per heavy atom. The van der Waals surface area contributed by atoms with Crippen molar-refractivity contribution < 1.29 is 0 Å². The van der Waals surface area contributed by atoms with Crippen molar-refractivity contribution in [2.45, 2.75) is 32.2 Å². The standard InChI is InChI=1S/C18H20N2S/c1-11(19-2)9-12-10-15-17(21-12)8-7-14-13-5-3-4-6-16(13)20-18(14)15/h3-6,10-11,19-20H,7-9H2,1-2H3. The Balaban J connectivity index is 1.81. The SMILES string of the molecule is CNC(C)Cc1cc2c(s1)CCc1c-2[nH]c2ccccc12. The van der Waals surface area contributed by atoms with Crippen molar-refractivity contribution in [1.29, 1.82) is 0 Å². The summed E-state index contributed by atoms with van der Waals surface area (Å²) in [7, 11) is 2.04. The lowest BCUT2D eigenvalue weighted by atomic mass is 9.94. The van der Waals surface area contributed by atoms with Gasteiger partial charge in [-0.15, -0.1) is 11.3 Å². The van der Waals surface area contributed by atoms with Gasteiger partial charge in [-0.05, 0) is 50.9 Å². The second-order valence-electron chi connectivity index (χ2n) is 5.97. The molecule has 108 valence electrons. The van der Waals surface area contributed by atoms with Crippen LogP contribution in [0.3, 0.4) is 0 Å². The number of rotatable bonds is 3. The fourth-order valence-electron chi connectivity index (χ4n) is 3.31. The number of thiophene rings is 1. The highest BCUT2D eigenvalue weighted by Gasteiger charge is 2.23. The molecule has 0 amide bonds. The number of hydrogen-bond donors (Lipinski definition) is 2. The van der Waals surface area contributed by atoms with Crippen LogP contribution in [0.15, 0.2) is 30.3 Å². The molecule has 1 aliphatic rings. The highest BCUT2D eigenvalue weighted by atomic mass is 32.1. The van der Waals surface area contributed by atoms with Crippen LogP contribution in [0.2, 0.25) is 0 Å². The zero-order valence-electron chi connectivity index (χ0n) is 12.5. The zero-order chi connectivity index (χ0) is 14.4. The number of aromatic nitrogens is 1. The van der Waals surface area contributed by atoms with Crippen molar-refractivity contribution in [3.05, 3.63) is 45.6 Å². The molecule has 21 heavy (non-hydrogen) atoms. The summed E-state index contributed by atoms with van der Waals surface area (Å²) in [6.07, 6.45) is 3.46. The van der Waals surface area contributed by atoms with E-state index in [1.165, 1.54) is 39.0 Å². The normalized spacial score (nSPS) is 15.0. The molecule has 2 nitrogen and oxygen atoms in total. The van der Waals surface area contributed by atoms with Gasteiger partial charge >= 0.3 is 0 Å². The Labute approximate surface area is 129 Å². The number of aromatic amines is 1. The Hall–Kier alpha value is -1.58. The van der Waals surface area contributed by atoms with Crippen molar-refractivity contribution in [3.63, 3.8) is 0 Å². The maximum atomic E-state index is 3.64. The van der Waals surface area contributed by atoms with Gasteiger partial charge in [0.1, 0.15) is 0 Å². The van der Waals surface area contributed by atoms with Gasteiger partial charge in [-0.3, -0.25) is 0 Å². The van der Waals surface area contributed by atoms with Crippen molar-refractivity contribution in [2.75, 3.05) is 7.05 Å². The number of hydrogen-bond acceptors (Lipinski definition) is 2. The topological polar surface area (TPSA) is 27.8 Å². The van der Waals surface area contributed by atoms with Crippen LogP contribution in [0.5, 0.6) is 0 Å². The largest absolute Gasteiger partial charge is 0.354 e. The number of likely N-dealkylation sites (N-methyl/N-ethyl adjacent to an activating group) is 1. The fraction of sp³-hybridized carbons (Fsp3) is 0.333. The number of aryl methyl sites for hydroxylation is 2. The quantitative estimate of drug-likeness (QED) is 0.747. The summed E-state index contributed by atoms with van der Waals surface area (Å²) in [5, 5.41) is 4.73. The van der Waals surface area contributed by atoms with E-state index in [4.69, 9.17) is 0 Å². The van der Waals surface area contributed by atoms with Crippen LogP contribution in [0, 0.1) is 0 Å². The van der Waals surface area contributed by atoms with E-state index in [9.17, 15) is 0 Å². The molecular weight excluding hydrogens is 276 g/mol. The van der Waals surface area contributed by atoms with E-state index >= 15 is 0 Å². The molecule has 0 saturated heterocycles. The summed E-state index contributed by atoms with van der Waals surface area (Å²) >= 11 is 1.99. The van der Waals surface area contributed by atoms with E-state index in [1.807, 2.05) is 18.4 Å². The second-order valence-corrected chi connectivity index (χ2v) is 7.19. The minimum atomic E-state index is 0.535. The second kappa shape index (κ2) is 5.00. The maximum Gasteiger partial charge on any atom is 0.0508 e. The van der Waals surface area contributed by atoms with Gasteiger partial charge in [-0.2, -0.15) is 0 Å². The molecule has 0 saturated carbocycles. The Bertz CT molecular complexity index is 797. The van der Waals surface area contributed by atoms with Gasteiger partial charge in [-0.1, -0.05) is 18.2 Å². The molecule has 0 bridgehead atoms. The Kier molecular flexibility index (Phi) is 3.12. The summed E-state index contributed by atoms with van der Waals surface area (Å²) < 4.78 is 0. The molecule has 0 aliphatic heterocycles. The molecule has 0 fully saturated rings. The number of benzene rings is 1. The van der Waals surface area contributed by atoms with Crippen LogP contribution in [0.25, 0.3) is 22.2 Å². The van der Waals surface area contributed by atoms with Crippen molar-refractivity contribution in [3.8, 4) is 11.3 Å². The number of nitrogens with one attached hydrogen (secondary N) is 2. The fourth-order valence-corrected chi connectivity index (χ4v) is 4.62. The third-order valence-corrected chi connectivity index (χ3v) is 5.76. The summed E-state index contributed by atoms with van der Waals surface area (Å²) in [6, 6.07) is 11.6. The lowest BCUT2D eigenvalue weighted by Crippen LogP contribution is -2.22. The van der Waals surface area contributed by atoms with Crippen LogP contribution in [0.4, 0.5) is 0 Å². The molecule has 4 rings (SSSR count). The van der Waals surface area contributed by atoms with E-state index in [1.54, 1.807) is 4.88 Å². The van der Waals surface area contributed by atoms with Gasteiger partial charge in [-0.25, -0.2) is 0 Å². The minimum Gasteiger partial charge on any atom is -0.354 e. The summed E-state index contributed by atoms with van der Waals surface area (Å²) in [5.41, 5.74) is 5.57. The predicted molar refractivity (Wildman–Crippen MR) is 91.2 cm³/mol. The van der Waals surface area contributed by atoms with E-state index in [0.717, 1.165) is 12.8 Å². The molecule has 2 heterocycles. The first-order valence-electron chi connectivity index (χ1n) is 7.65. The van der Waals surface area contributed by atoms with Gasteiger partial charge in [0.25, 0.3) is 0 Å². The molecule has 3 aromatic rings. The molecule has 0 radical (unpaired) electrons. The van der Waals surface area contributed by atoms with E-state index in [2.05, 4.69) is 47.6 Å². The first kappa shape index (κ1) is 13.1. The number of H-pyrrole nitrogens is 1. The lowest BCUT2D eigenvalue weighted by Gasteiger charge is -2.11. The molecule has 2 aromatic heterocycles. The minimum absolute atomic E-state index is 0.535. The van der Waals surface area contributed by atoms with Crippen LogP contribution < -0.4 is 5.32 Å². The molecule has 3 heteroatoms. The average molecular weight is 296 g/mol. The van der Waals surface area contributed by atoms with Gasteiger partial charge < -0.3 is 10.3 Å². The molecule has 1 atom stereocenters. The molecule has 1 aromatic carbocycles. The molecular formula is C18H20N2S. The molecule has 0 spiro atoms. The lowest BCUT2D eigenvalue weighted by molar-refractivity contribution is 0.613. The number of para-hydroxylation sites is 1. The van der Waals surface area contributed by atoms with Crippen LogP contribution in [-0.2, 0) is 19.3 Å². The van der Waals surface area contributed by atoms with Crippen LogP contribution >= 0.6 is 11.3 Å². The molecule has 1 aliphatic carbocycles. The third-order valence-electron chi connectivity index (χ3n) is 4.55. The monoisotopic (exact) mass is 296 g/mol. The van der Waals surface area contributed by atoms with E-state index in [0.29, 0.717) is 6.04 Å². The van der Waals surface area contributed by atoms with Gasteiger partial charge in [0.2, 0.25) is 0 Å². The van der Waals surface area contributed by atoms with Crippen molar-refractivity contribution in [2.24, 2.45) is 0 Å². The zero-order valence-corrected chi connectivity index (χ0v) is 13.3. The highest BCUT2D eigenvalue weighted by molar-refractivity contribution is 7.12. The van der Waals surface area contributed by atoms with Crippen molar-refractivity contribution >= 4 is 22.2 Å². The van der Waals surface area contributed by atoms with E-state index in [-0.39, 0.29) is 0 Å². The first-order valence-corrected chi connectivity index (χ1v) is 8.46. The summed E-state index contributed by atoms with van der Waals surface area (Å²) in [6.45, 7) is 2.24. The maximum absolute atomic E-state index is 3.64. The Morgan fingerprint density at radius 2 is 2.14 bits per heavy atom. The predicted octanol–water partition coefficient (Wildman–Crippen LogP) is 4.15. The summed E-state index contributed by atoms with van der Waals surface area (Å²) in [5.74, 6) is 0. The van der Waals surface area contributed by atoms with Gasteiger partial charge in [0, 0.05) is 32.3 Å². The van der Waals surface area contributed by atoms with Gasteiger partial charge in [0.05, 0.1) is 5.69 Å². The Morgan fingerprint density at radius 1 is 1.29 bits per heavy atom. The molecule has 1 unspecified atom stereocenters. The summed E-state index contributed by atoms with van der Waals surface area (Å²) in [4.78, 5) is 6.69. The highest BCUT2D eigenvalue weighted by Crippen LogP contribution is 2.41. The van der Waals surface area contributed by atoms with Crippen molar-refractivity contribution in [1.82, 2.24) is 10.3 Å². The molecule has 2 N–H and O–H groups in total. The first-order chi connectivity index (χ1) is 10.3. The van der Waals surface area contributed by atoms with E-state index < -0.39 is 0 Å².